The molecule has 2 nitrogen and oxygen atoms in total. The topological polar surface area (TPSA) is 26.3 Å². The van der Waals surface area contributed by atoms with Crippen molar-refractivity contribution in [1.82, 2.24) is 0 Å². The van der Waals surface area contributed by atoms with Crippen LogP contribution in [0.3, 0.4) is 0 Å². The van der Waals surface area contributed by atoms with E-state index in [0.29, 0.717) is 17.8 Å². The average molecular weight is 403 g/mol. The lowest BCUT2D eigenvalue weighted by Crippen LogP contribution is -2.59. The lowest BCUT2D eigenvalue weighted by atomic mass is 9.45. The van der Waals surface area contributed by atoms with E-state index in [0.717, 1.165) is 48.3 Å². The molecule has 2 heteroatoms. The Bertz CT molecular complexity index is 612. The zero-order valence-corrected chi connectivity index (χ0v) is 20.0. The molecule has 9 atom stereocenters. The molecule has 166 valence electrons. The summed E-state index contributed by atoms with van der Waals surface area (Å²) in [5.41, 5.74) is 0.772. The van der Waals surface area contributed by atoms with Crippen LogP contribution in [0.25, 0.3) is 0 Å². The third kappa shape index (κ3) is 3.59. The highest BCUT2D eigenvalue weighted by atomic mass is 16.5. The van der Waals surface area contributed by atoms with Gasteiger partial charge in [-0.2, -0.15) is 0 Å². The van der Waals surface area contributed by atoms with E-state index >= 15 is 0 Å². The SMILES string of the molecule is CC(C)CCC[C@@H](C)[C@H]1CC[C@H]2[C@@H]3C(C)CC4OC(=O)CC[C@]4(C)[C@H]3CC[C@]12C. The van der Waals surface area contributed by atoms with Crippen LogP contribution in [0, 0.1) is 52.3 Å². The molecular formula is C27H46O2. The normalized spacial score (nSPS) is 47.9. The van der Waals surface area contributed by atoms with E-state index in [1.165, 1.54) is 44.9 Å². The van der Waals surface area contributed by atoms with Crippen molar-refractivity contribution in [1.29, 1.82) is 0 Å². The summed E-state index contributed by atoms with van der Waals surface area (Å²) in [4.78, 5) is 12.0. The van der Waals surface area contributed by atoms with E-state index < -0.39 is 0 Å². The smallest absolute Gasteiger partial charge is 0.306 e. The fourth-order valence-corrected chi connectivity index (χ4v) is 8.90. The summed E-state index contributed by atoms with van der Waals surface area (Å²) < 4.78 is 5.93. The van der Waals surface area contributed by atoms with E-state index in [1.54, 1.807) is 0 Å². The highest BCUT2D eigenvalue weighted by Crippen LogP contribution is 2.68. The summed E-state index contributed by atoms with van der Waals surface area (Å²) in [6.45, 7) is 14.9. The summed E-state index contributed by atoms with van der Waals surface area (Å²) in [5, 5.41) is 0. The number of rotatable bonds is 5. The first-order valence-electron chi connectivity index (χ1n) is 12.9. The summed E-state index contributed by atoms with van der Waals surface area (Å²) in [6, 6.07) is 0. The van der Waals surface area contributed by atoms with E-state index in [9.17, 15) is 4.79 Å². The van der Waals surface area contributed by atoms with Crippen LogP contribution in [-0.4, -0.2) is 12.1 Å². The molecule has 0 amide bonds. The van der Waals surface area contributed by atoms with Gasteiger partial charge in [0.25, 0.3) is 0 Å². The highest BCUT2D eigenvalue weighted by Gasteiger charge is 2.63. The molecule has 4 fully saturated rings. The van der Waals surface area contributed by atoms with Crippen LogP contribution in [0.2, 0.25) is 0 Å². The summed E-state index contributed by atoms with van der Waals surface area (Å²) in [5.74, 6) is 5.88. The van der Waals surface area contributed by atoms with Crippen LogP contribution < -0.4 is 0 Å². The van der Waals surface area contributed by atoms with Gasteiger partial charge in [0, 0.05) is 11.8 Å². The van der Waals surface area contributed by atoms with Gasteiger partial charge in [-0.3, -0.25) is 4.79 Å². The van der Waals surface area contributed by atoms with Gasteiger partial charge >= 0.3 is 5.97 Å². The Hall–Kier alpha value is -0.530. The van der Waals surface area contributed by atoms with Crippen molar-refractivity contribution in [3.63, 3.8) is 0 Å². The predicted molar refractivity (Wildman–Crippen MR) is 119 cm³/mol. The van der Waals surface area contributed by atoms with Crippen LogP contribution in [0.1, 0.15) is 106 Å². The Morgan fingerprint density at radius 1 is 1.00 bits per heavy atom. The van der Waals surface area contributed by atoms with Crippen molar-refractivity contribution in [2.24, 2.45) is 52.3 Å². The number of carbonyl (C=O) groups excluding carboxylic acids is 1. The van der Waals surface area contributed by atoms with Gasteiger partial charge in [0.1, 0.15) is 6.10 Å². The molecule has 4 aliphatic rings. The number of hydrogen-bond donors (Lipinski definition) is 0. The highest BCUT2D eigenvalue weighted by molar-refractivity contribution is 5.70. The molecule has 0 bridgehead atoms. The number of carbonyl (C=O) groups is 1. The Labute approximate surface area is 179 Å². The first-order valence-corrected chi connectivity index (χ1v) is 12.9. The quantitative estimate of drug-likeness (QED) is 0.452. The molecule has 29 heavy (non-hydrogen) atoms. The summed E-state index contributed by atoms with van der Waals surface area (Å²) >= 11 is 0. The fourth-order valence-electron chi connectivity index (χ4n) is 8.90. The Morgan fingerprint density at radius 3 is 2.45 bits per heavy atom. The minimum Gasteiger partial charge on any atom is -0.462 e. The van der Waals surface area contributed by atoms with Gasteiger partial charge in [0.2, 0.25) is 0 Å². The van der Waals surface area contributed by atoms with Crippen molar-refractivity contribution >= 4 is 5.97 Å². The number of hydrogen-bond acceptors (Lipinski definition) is 2. The van der Waals surface area contributed by atoms with Gasteiger partial charge in [-0.15, -0.1) is 0 Å². The zero-order chi connectivity index (χ0) is 21.0. The standard InChI is InChI=1S/C27H46O2/c1-17(2)8-7-9-18(3)20-10-11-21-25-19(4)16-23-27(6,15-13-24(28)29-23)22(25)12-14-26(20,21)5/h17-23,25H,7-16H2,1-6H3/t18-,19?,20-,21+,22+,23?,25+,26-,27-/m1/s1. The van der Waals surface area contributed by atoms with Gasteiger partial charge in [-0.1, -0.05) is 60.8 Å². The van der Waals surface area contributed by atoms with E-state index in [1.807, 2.05) is 0 Å². The molecule has 0 aromatic heterocycles. The second-order valence-corrected chi connectivity index (χ2v) is 12.5. The molecule has 2 unspecified atom stereocenters. The monoisotopic (exact) mass is 402 g/mol. The Morgan fingerprint density at radius 2 is 1.72 bits per heavy atom. The third-order valence-corrected chi connectivity index (χ3v) is 10.5. The third-order valence-electron chi connectivity index (χ3n) is 10.5. The minimum absolute atomic E-state index is 0.0509. The molecule has 0 aromatic rings. The predicted octanol–water partition coefficient (Wildman–Crippen LogP) is 7.26. The van der Waals surface area contributed by atoms with Crippen LogP contribution in [-0.2, 0) is 9.53 Å². The Kier molecular flexibility index (Phi) is 5.88. The minimum atomic E-state index is 0.0509. The molecule has 1 aliphatic heterocycles. The van der Waals surface area contributed by atoms with Gasteiger partial charge in [0.05, 0.1) is 0 Å². The number of ether oxygens (including phenoxy) is 1. The largest absolute Gasteiger partial charge is 0.462 e. The van der Waals surface area contributed by atoms with E-state index in [2.05, 4.69) is 41.5 Å². The zero-order valence-electron chi connectivity index (χ0n) is 20.0. The maximum atomic E-state index is 12.0. The van der Waals surface area contributed by atoms with Gasteiger partial charge in [-0.05, 0) is 85.4 Å². The molecular weight excluding hydrogens is 356 g/mol. The molecule has 0 radical (unpaired) electrons. The van der Waals surface area contributed by atoms with Gasteiger partial charge in [-0.25, -0.2) is 0 Å². The molecule has 4 rings (SSSR count). The summed E-state index contributed by atoms with van der Waals surface area (Å²) in [6.07, 6.45) is 12.9. The van der Waals surface area contributed by atoms with Gasteiger partial charge in [0.15, 0.2) is 0 Å². The van der Waals surface area contributed by atoms with Crippen molar-refractivity contribution in [2.45, 2.75) is 112 Å². The maximum absolute atomic E-state index is 12.0. The molecule has 1 saturated heterocycles. The molecule has 0 aromatic carbocycles. The second kappa shape index (κ2) is 7.86. The molecule has 1 heterocycles. The van der Waals surface area contributed by atoms with Crippen molar-refractivity contribution in [3.05, 3.63) is 0 Å². The van der Waals surface area contributed by atoms with Crippen LogP contribution in [0.15, 0.2) is 0 Å². The fraction of sp³-hybridized carbons (Fsp3) is 0.963. The molecule has 3 saturated carbocycles. The lowest BCUT2D eigenvalue weighted by Gasteiger charge is -2.61. The maximum Gasteiger partial charge on any atom is 0.306 e. The van der Waals surface area contributed by atoms with Crippen molar-refractivity contribution in [2.75, 3.05) is 0 Å². The molecule has 0 spiro atoms. The summed E-state index contributed by atoms with van der Waals surface area (Å²) in [7, 11) is 0. The van der Waals surface area contributed by atoms with Crippen LogP contribution in [0.5, 0.6) is 0 Å². The lowest BCUT2D eigenvalue weighted by molar-refractivity contribution is -0.201. The first-order chi connectivity index (χ1) is 13.7. The van der Waals surface area contributed by atoms with E-state index in [-0.39, 0.29) is 17.5 Å². The molecule has 3 aliphatic carbocycles. The number of esters is 1. The second-order valence-electron chi connectivity index (χ2n) is 12.5. The average Bonchev–Trinajstić information content (AvgIpc) is 3.00. The Balaban J connectivity index is 1.51. The van der Waals surface area contributed by atoms with Crippen LogP contribution in [0.4, 0.5) is 0 Å². The molecule has 0 N–H and O–H groups in total. The number of fused-ring (bicyclic) bond motifs is 5. The van der Waals surface area contributed by atoms with Gasteiger partial charge < -0.3 is 4.74 Å². The van der Waals surface area contributed by atoms with Crippen molar-refractivity contribution < 1.29 is 9.53 Å². The first kappa shape index (κ1) is 21.7. The van der Waals surface area contributed by atoms with Crippen molar-refractivity contribution in [3.8, 4) is 0 Å². The van der Waals surface area contributed by atoms with Crippen LogP contribution >= 0.6 is 0 Å². The van der Waals surface area contributed by atoms with E-state index in [4.69, 9.17) is 4.74 Å².